The largest absolute Gasteiger partial charge is 0.281 e. The Bertz CT molecular complexity index is 456. The summed E-state index contributed by atoms with van der Waals surface area (Å²) in [7, 11) is 0. The molecule has 1 aromatic heterocycles. The van der Waals surface area contributed by atoms with Gasteiger partial charge in [-0.25, -0.2) is 4.68 Å². The summed E-state index contributed by atoms with van der Waals surface area (Å²) in [4.78, 5) is 4.57. The van der Waals surface area contributed by atoms with Crippen molar-refractivity contribution in [1.29, 1.82) is 0 Å². The first-order valence-electron chi connectivity index (χ1n) is 5.62. The Morgan fingerprint density at radius 3 is 2.56 bits per heavy atom. The van der Waals surface area contributed by atoms with E-state index >= 15 is 0 Å². The number of aliphatic imine (C=N–C) groups is 1. The summed E-state index contributed by atoms with van der Waals surface area (Å²) in [6.07, 6.45) is 7.94. The first-order chi connectivity index (χ1) is 7.30. The first-order valence-corrected chi connectivity index (χ1v) is 5.62. The molecule has 0 aliphatic carbocycles. The fourth-order valence-corrected chi connectivity index (χ4v) is 1.72. The zero-order chi connectivity index (χ0) is 12.0. The Hall–Kier alpha value is -1.38. The van der Waals surface area contributed by atoms with Crippen LogP contribution in [0.2, 0.25) is 0 Å². The Labute approximate surface area is 96.9 Å². The number of aromatic nitrogens is 2. The van der Waals surface area contributed by atoms with Crippen molar-refractivity contribution in [3.63, 3.8) is 0 Å². The minimum Gasteiger partial charge on any atom is -0.281 e. The Morgan fingerprint density at radius 2 is 1.94 bits per heavy atom. The molecule has 86 valence electrons. The summed E-state index contributed by atoms with van der Waals surface area (Å²) in [5.74, 6) is 0. The minimum absolute atomic E-state index is 0.0991. The van der Waals surface area contributed by atoms with Crippen molar-refractivity contribution in [1.82, 2.24) is 9.78 Å². The average molecular weight is 217 g/mol. The topological polar surface area (TPSA) is 30.2 Å². The molecule has 2 heterocycles. The molecule has 1 aliphatic heterocycles. The lowest BCUT2D eigenvalue weighted by molar-refractivity contribution is 0.589. The van der Waals surface area contributed by atoms with Crippen LogP contribution in [-0.2, 0) is 5.41 Å². The second-order valence-corrected chi connectivity index (χ2v) is 5.87. The van der Waals surface area contributed by atoms with Crippen molar-refractivity contribution in [2.45, 2.75) is 45.6 Å². The molecule has 0 N–H and O–H groups in total. The molecule has 0 saturated heterocycles. The van der Waals surface area contributed by atoms with Crippen LogP contribution in [0.1, 0.15) is 45.9 Å². The molecular weight excluding hydrogens is 198 g/mol. The SMILES string of the molecule is CC1(C)C=Cn2ncc(C(C)(C)C)c2C=N1. The second-order valence-electron chi connectivity index (χ2n) is 5.87. The number of hydrogen-bond donors (Lipinski definition) is 0. The van der Waals surface area contributed by atoms with Crippen LogP contribution in [0, 0.1) is 0 Å². The Kier molecular flexibility index (Phi) is 2.30. The van der Waals surface area contributed by atoms with E-state index in [4.69, 9.17) is 0 Å². The molecule has 16 heavy (non-hydrogen) atoms. The molecule has 0 amide bonds. The van der Waals surface area contributed by atoms with Crippen molar-refractivity contribution in [3.8, 4) is 0 Å². The Balaban J connectivity index is 2.54. The highest BCUT2D eigenvalue weighted by Crippen LogP contribution is 2.26. The van der Waals surface area contributed by atoms with Crippen molar-refractivity contribution in [2.24, 2.45) is 4.99 Å². The van der Waals surface area contributed by atoms with Crippen molar-refractivity contribution in [3.05, 3.63) is 23.5 Å². The highest BCUT2D eigenvalue weighted by Gasteiger charge is 2.23. The van der Waals surface area contributed by atoms with Gasteiger partial charge in [-0.3, -0.25) is 4.99 Å². The fraction of sp³-hybridized carbons (Fsp3) is 0.538. The van der Waals surface area contributed by atoms with E-state index in [0.717, 1.165) is 5.69 Å². The van der Waals surface area contributed by atoms with Crippen LogP contribution in [0.15, 0.2) is 17.3 Å². The molecule has 0 fully saturated rings. The number of nitrogens with zero attached hydrogens (tertiary/aromatic N) is 3. The quantitative estimate of drug-likeness (QED) is 0.657. The van der Waals surface area contributed by atoms with E-state index in [1.165, 1.54) is 5.56 Å². The van der Waals surface area contributed by atoms with Crippen LogP contribution in [0.5, 0.6) is 0 Å². The normalized spacial score (nSPS) is 18.3. The van der Waals surface area contributed by atoms with Gasteiger partial charge in [0.2, 0.25) is 0 Å². The lowest BCUT2D eigenvalue weighted by Crippen LogP contribution is -2.14. The van der Waals surface area contributed by atoms with Gasteiger partial charge in [0.05, 0.1) is 17.4 Å². The molecule has 0 unspecified atom stereocenters. The van der Waals surface area contributed by atoms with E-state index in [2.05, 4.69) is 50.8 Å². The van der Waals surface area contributed by atoms with Gasteiger partial charge in [-0.2, -0.15) is 5.10 Å². The summed E-state index contributed by atoms with van der Waals surface area (Å²) >= 11 is 0. The summed E-state index contributed by atoms with van der Waals surface area (Å²) in [6.45, 7) is 10.8. The van der Waals surface area contributed by atoms with E-state index in [9.17, 15) is 0 Å². The maximum absolute atomic E-state index is 4.57. The van der Waals surface area contributed by atoms with Crippen LogP contribution < -0.4 is 0 Å². The van der Waals surface area contributed by atoms with Gasteiger partial charge in [0.15, 0.2) is 0 Å². The van der Waals surface area contributed by atoms with E-state index in [1.54, 1.807) is 0 Å². The summed E-state index contributed by atoms with van der Waals surface area (Å²) < 4.78 is 1.90. The predicted molar refractivity (Wildman–Crippen MR) is 67.9 cm³/mol. The number of rotatable bonds is 0. The van der Waals surface area contributed by atoms with Crippen LogP contribution in [0.3, 0.4) is 0 Å². The number of fused-ring (bicyclic) bond motifs is 1. The van der Waals surface area contributed by atoms with Gasteiger partial charge in [0.1, 0.15) is 0 Å². The van der Waals surface area contributed by atoms with Gasteiger partial charge in [0, 0.05) is 18.0 Å². The van der Waals surface area contributed by atoms with Gasteiger partial charge in [0.25, 0.3) is 0 Å². The van der Waals surface area contributed by atoms with Crippen molar-refractivity contribution in [2.75, 3.05) is 0 Å². The van der Waals surface area contributed by atoms with Gasteiger partial charge >= 0.3 is 0 Å². The second kappa shape index (κ2) is 3.30. The van der Waals surface area contributed by atoms with E-state index < -0.39 is 0 Å². The van der Waals surface area contributed by atoms with Gasteiger partial charge in [-0.15, -0.1) is 0 Å². The highest BCUT2D eigenvalue weighted by molar-refractivity contribution is 5.82. The smallest absolute Gasteiger partial charge is 0.0877 e. The third-order valence-electron chi connectivity index (χ3n) is 2.79. The number of hydrogen-bond acceptors (Lipinski definition) is 2. The van der Waals surface area contributed by atoms with Gasteiger partial charge in [-0.1, -0.05) is 20.8 Å². The molecule has 0 spiro atoms. The molecule has 0 bridgehead atoms. The van der Waals surface area contributed by atoms with E-state index in [-0.39, 0.29) is 11.0 Å². The molecule has 0 atom stereocenters. The molecule has 0 aromatic carbocycles. The zero-order valence-corrected chi connectivity index (χ0v) is 10.7. The van der Waals surface area contributed by atoms with Crippen LogP contribution in [0.25, 0.3) is 6.20 Å². The summed E-state index contributed by atoms with van der Waals surface area (Å²) in [6, 6.07) is 0. The third kappa shape index (κ3) is 1.94. The molecule has 1 aromatic rings. The standard InChI is InChI=1S/C13H19N3/c1-12(2,3)10-8-15-16-7-6-13(4,5)14-9-11(10)16/h6-9H,1-5H3. The molecule has 3 nitrogen and oxygen atoms in total. The first kappa shape index (κ1) is 11.1. The van der Waals surface area contributed by atoms with Crippen molar-refractivity contribution < 1.29 is 0 Å². The van der Waals surface area contributed by atoms with Gasteiger partial charge < -0.3 is 0 Å². The third-order valence-corrected chi connectivity index (χ3v) is 2.79. The predicted octanol–water partition coefficient (Wildman–Crippen LogP) is 2.86. The van der Waals surface area contributed by atoms with Crippen LogP contribution in [0.4, 0.5) is 0 Å². The summed E-state index contributed by atoms with van der Waals surface area (Å²) in [5, 5.41) is 4.39. The molecule has 1 aliphatic rings. The zero-order valence-electron chi connectivity index (χ0n) is 10.7. The van der Waals surface area contributed by atoms with Crippen LogP contribution >= 0.6 is 0 Å². The average Bonchev–Trinajstić information content (AvgIpc) is 2.48. The maximum Gasteiger partial charge on any atom is 0.0877 e. The van der Waals surface area contributed by atoms with Crippen LogP contribution in [-0.4, -0.2) is 21.5 Å². The molecule has 2 rings (SSSR count). The lowest BCUT2D eigenvalue weighted by Gasteiger charge is -2.17. The fourth-order valence-electron chi connectivity index (χ4n) is 1.72. The monoisotopic (exact) mass is 217 g/mol. The molecule has 0 saturated carbocycles. The van der Waals surface area contributed by atoms with Gasteiger partial charge in [-0.05, 0) is 25.3 Å². The Morgan fingerprint density at radius 1 is 1.25 bits per heavy atom. The molecule has 3 heteroatoms. The van der Waals surface area contributed by atoms with E-state index in [0.29, 0.717) is 0 Å². The maximum atomic E-state index is 4.57. The van der Waals surface area contributed by atoms with Crippen molar-refractivity contribution >= 4 is 12.4 Å². The highest BCUT2D eigenvalue weighted by atomic mass is 15.3. The minimum atomic E-state index is -0.143. The van der Waals surface area contributed by atoms with E-state index in [1.807, 2.05) is 23.3 Å². The molecule has 0 radical (unpaired) electrons. The molecular formula is C13H19N3. The lowest BCUT2D eigenvalue weighted by atomic mass is 9.87. The summed E-state index contributed by atoms with van der Waals surface area (Å²) in [5.41, 5.74) is 2.28.